The number of aryl methyl sites for hydroxylation is 3. The fourth-order valence-electron chi connectivity index (χ4n) is 2.02. The first kappa shape index (κ1) is 14.6. The summed E-state index contributed by atoms with van der Waals surface area (Å²) in [7, 11) is 0. The van der Waals surface area contributed by atoms with Gasteiger partial charge in [-0.05, 0) is 26.3 Å². The molecule has 2 aromatic rings. The van der Waals surface area contributed by atoms with E-state index in [1.165, 1.54) is 0 Å². The molecule has 0 aliphatic heterocycles. The minimum atomic E-state index is 0.775. The molecule has 0 aliphatic rings. The van der Waals surface area contributed by atoms with Gasteiger partial charge in [0.1, 0.15) is 0 Å². The molecule has 0 radical (unpaired) electrons. The Balaban J connectivity index is 1.82. The highest BCUT2D eigenvalue weighted by atomic mass is 16.5. The van der Waals surface area contributed by atoms with Crippen molar-refractivity contribution in [2.24, 2.45) is 0 Å². The first-order chi connectivity index (χ1) is 9.79. The van der Waals surface area contributed by atoms with Crippen LogP contribution in [0.15, 0.2) is 24.7 Å². The van der Waals surface area contributed by atoms with Crippen LogP contribution in [0, 0.1) is 6.92 Å². The number of nitrogens with zero attached hydrogens (tertiary/aromatic N) is 4. The lowest BCUT2D eigenvalue weighted by Gasteiger charge is -2.10. The van der Waals surface area contributed by atoms with E-state index in [1.54, 1.807) is 6.20 Å². The second kappa shape index (κ2) is 7.69. The quantitative estimate of drug-likeness (QED) is 0.712. The molecule has 0 spiro atoms. The molecule has 0 aliphatic carbocycles. The number of imidazole rings is 1. The molecule has 2 heterocycles. The van der Waals surface area contributed by atoms with E-state index in [4.69, 9.17) is 4.74 Å². The van der Waals surface area contributed by atoms with E-state index < -0.39 is 0 Å². The Morgan fingerprint density at radius 2 is 2.25 bits per heavy atom. The van der Waals surface area contributed by atoms with Gasteiger partial charge in [-0.2, -0.15) is 5.10 Å². The van der Waals surface area contributed by atoms with Crippen LogP contribution in [0.2, 0.25) is 0 Å². The van der Waals surface area contributed by atoms with Crippen LogP contribution in [0.3, 0.4) is 0 Å². The van der Waals surface area contributed by atoms with E-state index >= 15 is 0 Å². The van der Waals surface area contributed by atoms with Crippen molar-refractivity contribution in [2.75, 3.05) is 25.1 Å². The molecule has 2 aromatic heterocycles. The van der Waals surface area contributed by atoms with E-state index in [9.17, 15) is 0 Å². The molecule has 0 saturated heterocycles. The molecule has 0 atom stereocenters. The zero-order valence-electron chi connectivity index (χ0n) is 12.2. The largest absolute Gasteiger partial charge is 0.382 e. The summed E-state index contributed by atoms with van der Waals surface area (Å²) in [5.41, 5.74) is 1.03. The molecule has 0 bridgehead atoms. The van der Waals surface area contributed by atoms with Crippen LogP contribution in [0.25, 0.3) is 0 Å². The normalized spacial score (nSPS) is 10.9. The number of hydrogen-bond acceptors (Lipinski definition) is 4. The number of hydrogen-bond donors (Lipinski definition) is 1. The summed E-state index contributed by atoms with van der Waals surface area (Å²) in [6.45, 7) is 8.16. The van der Waals surface area contributed by atoms with E-state index in [0.29, 0.717) is 0 Å². The van der Waals surface area contributed by atoms with Gasteiger partial charge in [0, 0.05) is 44.9 Å². The van der Waals surface area contributed by atoms with Crippen molar-refractivity contribution >= 4 is 5.95 Å². The Bertz CT molecular complexity index is 492. The third-order valence-corrected chi connectivity index (χ3v) is 2.98. The van der Waals surface area contributed by atoms with Gasteiger partial charge in [0.05, 0.1) is 12.2 Å². The van der Waals surface area contributed by atoms with E-state index in [0.717, 1.165) is 50.9 Å². The van der Waals surface area contributed by atoms with Gasteiger partial charge in [0.2, 0.25) is 5.95 Å². The maximum absolute atomic E-state index is 5.32. The van der Waals surface area contributed by atoms with E-state index in [1.807, 2.05) is 30.8 Å². The van der Waals surface area contributed by atoms with Crippen LogP contribution < -0.4 is 5.32 Å². The third kappa shape index (κ3) is 4.38. The molecule has 0 unspecified atom stereocenters. The zero-order valence-corrected chi connectivity index (χ0v) is 12.2. The molecule has 0 fully saturated rings. The van der Waals surface area contributed by atoms with Gasteiger partial charge in [0.25, 0.3) is 0 Å². The Morgan fingerprint density at radius 3 is 3.00 bits per heavy atom. The van der Waals surface area contributed by atoms with Gasteiger partial charge < -0.3 is 14.6 Å². The molecule has 2 rings (SSSR count). The van der Waals surface area contributed by atoms with Gasteiger partial charge in [-0.15, -0.1) is 0 Å². The molecule has 0 amide bonds. The topological polar surface area (TPSA) is 56.9 Å². The highest BCUT2D eigenvalue weighted by Crippen LogP contribution is 2.08. The maximum Gasteiger partial charge on any atom is 0.203 e. The minimum absolute atomic E-state index is 0.775. The maximum atomic E-state index is 5.32. The Kier molecular flexibility index (Phi) is 5.61. The summed E-state index contributed by atoms with van der Waals surface area (Å²) in [5, 5.41) is 7.57. The summed E-state index contributed by atoms with van der Waals surface area (Å²) in [6, 6.07) is 1.94. The average Bonchev–Trinajstić information content (AvgIpc) is 3.06. The van der Waals surface area contributed by atoms with Crippen molar-refractivity contribution in [3.05, 3.63) is 30.4 Å². The van der Waals surface area contributed by atoms with Crippen molar-refractivity contribution in [3.63, 3.8) is 0 Å². The molecule has 6 heteroatoms. The second-order valence-corrected chi connectivity index (χ2v) is 4.65. The lowest BCUT2D eigenvalue weighted by Crippen LogP contribution is -2.13. The fourth-order valence-corrected chi connectivity index (χ4v) is 2.02. The summed E-state index contributed by atoms with van der Waals surface area (Å²) in [5.74, 6) is 0.922. The van der Waals surface area contributed by atoms with Crippen LogP contribution in [0.4, 0.5) is 5.95 Å². The van der Waals surface area contributed by atoms with Crippen molar-refractivity contribution < 1.29 is 4.74 Å². The van der Waals surface area contributed by atoms with Crippen LogP contribution in [-0.4, -0.2) is 39.1 Å². The summed E-state index contributed by atoms with van der Waals surface area (Å²) in [6.07, 6.45) is 6.82. The SMILES string of the molecule is CCOCCCNc1nc(C)cn1CCn1cccn1. The van der Waals surface area contributed by atoms with Gasteiger partial charge in [-0.3, -0.25) is 4.68 Å². The van der Waals surface area contributed by atoms with Crippen molar-refractivity contribution in [3.8, 4) is 0 Å². The van der Waals surface area contributed by atoms with Gasteiger partial charge in [-0.25, -0.2) is 4.98 Å². The first-order valence-corrected chi connectivity index (χ1v) is 7.12. The standard InChI is InChI=1S/C14H23N5O/c1-3-20-11-5-6-15-14-17-13(2)12-18(14)9-10-19-8-4-7-16-19/h4,7-8,12H,3,5-6,9-11H2,1-2H3,(H,15,17). The smallest absolute Gasteiger partial charge is 0.203 e. The third-order valence-electron chi connectivity index (χ3n) is 2.98. The molecule has 1 N–H and O–H groups in total. The summed E-state index contributed by atoms with van der Waals surface area (Å²) in [4.78, 5) is 4.51. The molecule has 110 valence electrons. The monoisotopic (exact) mass is 277 g/mol. The Morgan fingerprint density at radius 1 is 1.35 bits per heavy atom. The summed E-state index contributed by atoms with van der Waals surface area (Å²) >= 11 is 0. The van der Waals surface area contributed by atoms with Crippen molar-refractivity contribution in [1.82, 2.24) is 19.3 Å². The fraction of sp³-hybridized carbons (Fsp3) is 0.571. The number of aromatic nitrogens is 4. The van der Waals surface area contributed by atoms with Crippen molar-refractivity contribution in [1.29, 1.82) is 0 Å². The van der Waals surface area contributed by atoms with E-state index in [2.05, 4.69) is 26.2 Å². The highest BCUT2D eigenvalue weighted by Gasteiger charge is 2.05. The molecule has 0 saturated carbocycles. The lowest BCUT2D eigenvalue weighted by atomic mass is 10.4. The Labute approximate surface area is 119 Å². The number of anilines is 1. The molecular weight excluding hydrogens is 254 g/mol. The predicted molar refractivity (Wildman–Crippen MR) is 78.8 cm³/mol. The molecule has 20 heavy (non-hydrogen) atoms. The van der Waals surface area contributed by atoms with Gasteiger partial charge >= 0.3 is 0 Å². The Hall–Kier alpha value is -1.82. The lowest BCUT2D eigenvalue weighted by molar-refractivity contribution is 0.147. The number of ether oxygens (including phenoxy) is 1. The van der Waals surface area contributed by atoms with Crippen molar-refractivity contribution in [2.45, 2.75) is 33.4 Å². The predicted octanol–water partition coefficient (Wildman–Crippen LogP) is 1.93. The summed E-state index contributed by atoms with van der Waals surface area (Å²) < 4.78 is 9.39. The molecule has 6 nitrogen and oxygen atoms in total. The minimum Gasteiger partial charge on any atom is -0.382 e. The van der Waals surface area contributed by atoms with E-state index in [-0.39, 0.29) is 0 Å². The second-order valence-electron chi connectivity index (χ2n) is 4.65. The zero-order chi connectivity index (χ0) is 14.2. The van der Waals surface area contributed by atoms with Crippen LogP contribution >= 0.6 is 0 Å². The van der Waals surface area contributed by atoms with Gasteiger partial charge in [0.15, 0.2) is 0 Å². The van der Waals surface area contributed by atoms with Gasteiger partial charge in [-0.1, -0.05) is 0 Å². The van der Waals surface area contributed by atoms with Crippen LogP contribution in [0.1, 0.15) is 19.0 Å². The molecule has 0 aromatic carbocycles. The van der Waals surface area contributed by atoms with Crippen LogP contribution in [-0.2, 0) is 17.8 Å². The highest BCUT2D eigenvalue weighted by molar-refractivity contribution is 5.28. The van der Waals surface area contributed by atoms with Crippen LogP contribution in [0.5, 0.6) is 0 Å². The average molecular weight is 277 g/mol. The number of nitrogens with one attached hydrogen (secondary N) is 1. The first-order valence-electron chi connectivity index (χ1n) is 7.12. The molecular formula is C14H23N5O. The number of rotatable bonds is 9.